The van der Waals surface area contributed by atoms with Crippen molar-refractivity contribution in [2.45, 2.75) is 51.6 Å². The zero-order valence-corrected chi connectivity index (χ0v) is 21.1. The molecule has 8 heteroatoms. The van der Waals surface area contributed by atoms with Gasteiger partial charge in [0, 0.05) is 50.0 Å². The molecule has 0 N–H and O–H groups in total. The van der Waals surface area contributed by atoms with Crippen molar-refractivity contribution in [2.24, 2.45) is 0 Å². The summed E-state index contributed by atoms with van der Waals surface area (Å²) < 4.78 is 23.7. The van der Waals surface area contributed by atoms with Crippen LogP contribution in [-0.2, 0) is 16.0 Å². The Balaban J connectivity index is 1.70. The van der Waals surface area contributed by atoms with Crippen LogP contribution in [-0.4, -0.2) is 66.5 Å². The lowest BCUT2D eigenvalue weighted by molar-refractivity contribution is 0.110. The topological polar surface area (TPSA) is 61.6 Å². The zero-order valence-electron chi connectivity index (χ0n) is 20.3. The van der Waals surface area contributed by atoms with Gasteiger partial charge in [0.1, 0.15) is 10.8 Å². The number of para-hydroxylation sites is 1. The largest absolute Gasteiger partial charge is 0.495 e. The van der Waals surface area contributed by atoms with Crippen molar-refractivity contribution in [3.05, 3.63) is 28.9 Å². The maximum absolute atomic E-state index is 5.81. The van der Waals surface area contributed by atoms with E-state index in [0.717, 1.165) is 41.8 Å². The number of benzene rings is 1. The highest BCUT2D eigenvalue weighted by atomic mass is 32.1. The fraction of sp³-hybridized carbons (Fsp3) is 0.600. The molecule has 1 aromatic carbocycles. The van der Waals surface area contributed by atoms with Crippen LogP contribution in [0.2, 0.25) is 0 Å². The van der Waals surface area contributed by atoms with Crippen LogP contribution in [0.15, 0.2) is 18.2 Å². The quantitative estimate of drug-likeness (QED) is 0.388. The lowest BCUT2D eigenvalue weighted by atomic mass is 9.95. The molecule has 1 fully saturated rings. The molecule has 0 bridgehead atoms. The van der Waals surface area contributed by atoms with E-state index in [-0.39, 0.29) is 0 Å². The first-order valence-corrected chi connectivity index (χ1v) is 12.7. The third-order valence-corrected chi connectivity index (χ3v) is 7.36. The van der Waals surface area contributed by atoms with Gasteiger partial charge in [0.25, 0.3) is 0 Å². The third kappa shape index (κ3) is 5.24. The molecule has 0 aliphatic heterocycles. The summed E-state index contributed by atoms with van der Waals surface area (Å²) in [4.78, 5) is 7.30. The van der Waals surface area contributed by atoms with E-state index in [1.165, 1.54) is 60.2 Å². The van der Waals surface area contributed by atoms with E-state index in [9.17, 15) is 0 Å². The van der Waals surface area contributed by atoms with Gasteiger partial charge in [-0.05, 0) is 37.4 Å². The fourth-order valence-corrected chi connectivity index (χ4v) is 5.71. The normalized spacial score (nSPS) is 15.1. The van der Waals surface area contributed by atoms with Gasteiger partial charge in [0.2, 0.25) is 0 Å². The summed E-state index contributed by atoms with van der Waals surface area (Å²) in [6.07, 6.45) is 6.33. The van der Waals surface area contributed by atoms with E-state index < -0.39 is 0 Å². The maximum atomic E-state index is 5.81. The smallest absolute Gasteiger partial charge is 0.175 e. The molecule has 33 heavy (non-hydrogen) atoms. The molecule has 4 rings (SSSR count). The van der Waals surface area contributed by atoms with Crippen molar-refractivity contribution in [3.63, 3.8) is 0 Å². The Bertz CT molecular complexity index is 1030. The van der Waals surface area contributed by atoms with Gasteiger partial charge in [-0.1, -0.05) is 31.4 Å². The Morgan fingerprint density at radius 3 is 2.45 bits per heavy atom. The molecule has 2 heterocycles. The molecule has 0 radical (unpaired) electrons. The monoisotopic (exact) mass is 472 g/mol. The molecule has 0 atom stereocenters. The van der Waals surface area contributed by atoms with Gasteiger partial charge in [-0.15, -0.1) is 0 Å². The van der Waals surface area contributed by atoms with Crippen molar-refractivity contribution in [1.29, 1.82) is 0 Å². The van der Waals surface area contributed by atoms with Crippen LogP contribution in [0.4, 0.5) is 0 Å². The number of nitrogens with zero attached hydrogens (tertiary/aromatic N) is 4. The molecule has 0 saturated heterocycles. The number of aromatic nitrogens is 3. The van der Waals surface area contributed by atoms with E-state index in [2.05, 4.69) is 34.6 Å². The molecular formula is C25H36N4O3S. The first-order chi connectivity index (χ1) is 16.2. The summed E-state index contributed by atoms with van der Waals surface area (Å²) in [7, 11) is 5.23. The Morgan fingerprint density at radius 2 is 1.79 bits per heavy atom. The van der Waals surface area contributed by atoms with Crippen LogP contribution in [0.25, 0.3) is 22.3 Å². The molecule has 0 amide bonds. The zero-order chi connectivity index (χ0) is 23.2. The van der Waals surface area contributed by atoms with E-state index in [1.54, 1.807) is 21.3 Å². The minimum atomic E-state index is 0.503. The van der Waals surface area contributed by atoms with Crippen molar-refractivity contribution >= 4 is 22.4 Å². The molecule has 7 nitrogen and oxygen atoms in total. The molecule has 3 aromatic rings. The number of hydrogen-bond acceptors (Lipinski definition) is 7. The second-order valence-corrected chi connectivity index (χ2v) is 9.59. The lowest BCUT2D eigenvalue weighted by Crippen LogP contribution is -2.30. The summed E-state index contributed by atoms with van der Waals surface area (Å²) in [5.41, 5.74) is 3.55. The molecule has 1 aliphatic rings. The van der Waals surface area contributed by atoms with E-state index in [0.29, 0.717) is 19.3 Å². The van der Waals surface area contributed by atoms with Crippen LogP contribution in [0.3, 0.4) is 0 Å². The fourth-order valence-electron chi connectivity index (χ4n) is 5.02. The van der Waals surface area contributed by atoms with E-state index in [1.807, 2.05) is 0 Å². The standard InChI is InChI=1S/C25H36N4O3S/c1-18-23(25-26-22(33-27-25)17-28(13-15-30-2)14-16-31-3)20-11-8-12-21(32-4)24(20)29(18)19-9-6-5-7-10-19/h8,11-12,19H,5-7,9-10,13-17H2,1-4H3. The molecule has 0 unspecified atom stereocenters. The summed E-state index contributed by atoms with van der Waals surface area (Å²) in [5.74, 6) is 1.74. The van der Waals surface area contributed by atoms with Gasteiger partial charge in [-0.2, -0.15) is 4.37 Å². The summed E-state index contributed by atoms with van der Waals surface area (Å²) in [6.45, 7) is 6.01. The summed E-state index contributed by atoms with van der Waals surface area (Å²) in [6, 6.07) is 6.82. The maximum Gasteiger partial charge on any atom is 0.175 e. The summed E-state index contributed by atoms with van der Waals surface area (Å²) >= 11 is 1.49. The molecule has 2 aromatic heterocycles. The number of hydrogen-bond donors (Lipinski definition) is 0. The first-order valence-electron chi connectivity index (χ1n) is 11.9. The highest BCUT2D eigenvalue weighted by Gasteiger charge is 2.26. The number of rotatable bonds is 11. The van der Waals surface area contributed by atoms with Crippen molar-refractivity contribution in [2.75, 3.05) is 47.6 Å². The van der Waals surface area contributed by atoms with Gasteiger partial charge < -0.3 is 18.8 Å². The van der Waals surface area contributed by atoms with Crippen molar-refractivity contribution < 1.29 is 14.2 Å². The minimum Gasteiger partial charge on any atom is -0.495 e. The molecule has 1 aliphatic carbocycles. The molecule has 1 saturated carbocycles. The number of fused-ring (bicyclic) bond motifs is 1. The van der Waals surface area contributed by atoms with Crippen LogP contribution in [0, 0.1) is 6.92 Å². The first kappa shape index (κ1) is 24.1. The van der Waals surface area contributed by atoms with Gasteiger partial charge in [0.15, 0.2) is 5.82 Å². The highest BCUT2D eigenvalue weighted by Crippen LogP contribution is 2.42. The van der Waals surface area contributed by atoms with Crippen molar-refractivity contribution in [3.8, 4) is 17.1 Å². The minimum absolute atomic E-state index is 0.503. The van der Waals surface area contributed by atoms with Gasteiger partial charge in [-0.3, -0.25) is 4.90 Å². The van der Waals surface area contributed by atoms with Crippen LogP contribution in [0.1, 0.15) is 48.8 Å². The van der Waals surface area contributed by atoms with E-state index in [4.69, 9.17) is 23.6 Å². The van der Waals surface area contributed by atoms with Crippen LogP contribution < -0.4 is 4.74 Å². The van der Waals surface area contributed by atoms with Crippen molar-refractivity contribution in [1.82, 2.24) is 18.8 Å². The molecule has 180 valence electrons. The second kappa shape index (κ2) is 11.4. The third-order valence-electron chi connectivity index (χ3n) is 6.67. The lowest BCUT2D eigenvalue weighted by Gasteiger charge is -2.26. The van der Waals surface area contributed by atoms with Gasteiger partial charge >= 0.3 is 0 Å². The Kier molecular flexibility index (Phi) is 8.35. The van der Waals surface area contributed by atoms with Crippen LogP contribution >= 0.6 is 11.5 Å². The second-order valence-electron chi connectivity index (χ2n) is 8.75. The average Bonchev–Trinajstić information content (AvgIpc) is 3.42. The predicted molar refractivity (Wildman–Crippen MR) is 133 cm³/mol. The molecule has 0 spiro atoms. The molecular weight excluding hydrogens is 436 g/mol. The van der Waals surface area contributed by atoms with E-state index >= 15 is 0 Å². The summed E-state index contributed by atoms with van der Waals surface area (Å²) in [5, 5.41) is 2.19. The highest BCUT2D eigenvalue weighted by molar-refractivity contribution is 7.05. The van der Waals surface area contributed by atoms with Gasteiger partial charge in [0.05, 0.1) is 32.4 Å². The van der Waals surface area contributed by atoms with Gasteiger partial charge in [-0.25, -0.2) is 4.98 Å². The Labute approximate surface area is 200 Å². The predicted octanol–water partition coefficient (Wildman–Crippen LogP) is 5.08. The SMILES string of the molecule is COCCN(CCOC)Cc1nc(-c2c(C)n(C3CCCCC3)c3c(OC)cccc23)ns1. The number of methoxy groups -OCH3 is 3. The Morgan fingerprint density at radius 1 is 1.06 bits per heavy atom. The Hall–Kier alpha value is -2.00. The number of ether oxygens (including phenoxy) is 3. The average molecular weight is 473 g/mol. The van der Waals surface area contributed by atoms with Crippen LogP contribution in [0.5, 0.6) is 5.75 Å².